The Labute approximate surface area is 86.5 Å². The van der Waals surface area contributed by atoms with E-state index < -0.39 is 0 Å². The number of rotatable bonds is 2. The van der Waals surface area contributed by atoms with Crippen LogP contribution in [0.5, 0.6) is 0 Å². The molecule has 4 N–H and O–H groups in total. The molecule has 0 atom stereocenters. The topological polar surface area (TPSA) is 110 Å². The highest BCUT2D eigenvalue weighted by atomic mass is 16.1. The largest absolute Gasteiger partial charge is 0.370 e. The maximum absolute atomic E-state index is 11.4. The first-order chi connectivity index (χ1) is 7.08. The highest BCUT2D eigenvalue weighted by molar-refractivity contribution is 6.01. The van der Waals surface area contributed by atoms with Gasteiger partial charge in [0, 0.05) is 21.1 Å². The molecule has 0 radical (unpaired) electrons. The third-order valence-electron chi connectivity index (χ3n) is 1.64. The van der Waals surface area contributed by atoms with E-state index in [-0.39, 0.29) is 23.4 Å². The molecule has 0 saturated carbocycles. The molecule has 0 saturated heterocycles. The molecule has 1 rings (SSSR count). The molecule has 0 fully saturated rings. The average molecular weight is 211 g/mol. The number of nitrogens with two attached hydrogens (primary N) is 1. The molecule has 8 nitrogen and oxygen atoms in total. The SMILES string of the molecule is CN=C(N)Nc1nn(C)nc1C(=O)NC. The number of aromatic nitrogens is 3. The van der Waals surface area contributed by atoms with Gasteiger partial charge in [-0.05, 0) is 0 Å². The van der Waals surface area contributed by atoms with Gasteiger partial charge in [0.1, 0.15) is 0 Å². The molecule has 1 amide bonds. The first-order valence-corrected chi connectivity index (χ1v) is 4.21. The number of carbonyl (C=O) groups is 1. The molecule has 0 aliphatic rings. The fourth-order valence-electron chi connectivity index (χ4n) is 0.939. The minimum Gasteiger partial charge on any atom is -0.370 e. The number of anilines is 1. The summed E-state index contributed by atoms with van der Waals surface area (Å²) in [5, 5.41) is 12.9. The van der Waals surface area contributed by atoms with Crippen molar-refractivity contribution >= 4 is 17.7 Å². The Morgan fingerprint density at radius 2 is 2.20 bits per heavy atom. The molecular formula is C7H13N7O. The second-order valence-electron chi connectivity index (χ2n) is 2.70. The lowest BCUT2D eigenvalue weighted by molar-refractivity contribution is 0.0958. The van der Waals surface area contributed by atoms with Gasteiger partial charge in [-0.25, -0.2) is 0 Å². The van der Waals surface area contributed by atoms with Crippen molar-refractivity contribution in [3.05, 3.63) is 5.69 Å². The van der Waals surface area contributed by atoms with Crippen LogP contribution in [0.3, 0.4) is 0 Å². The number of guanidine groups is 1. The van der Waals surface area contributed by atoms with E-state index in [9.17, 15) is 4.79 Å². The van der Waals surface area contributed by atoms with Gasteiger partial charge in [0.2, 0.25) is 0 Å². The number of hydrogen-bond donors (Lipinski definition) is 3. The second-order valence-corrected chi connectivity index (χ2v) is 2.70. The van der Waals surface area contributed by atoms with Gasteiger partial charge in [-0.2, -0.15) is 4.80 Å². The van der Waals surface area contributed by atoms with Crippen molar-refractivity contribution in [2.24, 2.45) is 17.8 Å². The van der Waals surface area contributed by atoms with Gasteiger partial charge >= 0.3 is 0 Å². The molecule has 0 aliphatic heterocycles. The van der Waals surface area contributed by atoms with Crippen molar-refractivity contribution in [1.82, 2.24) is 20.3 Å². The zero-order valence-corrected chi connectivity index (χ0v) is 8.77. The Bertz CT molecular complexity index is 394. The van der Waals surface area contributed by atoms with Gasteiger partial charge < -0.3 is 16.4 Å². The highest BCUT2D eigenvalue weighted by Crippen LogP contribution is 2.07. The van der Waals surface area contributed by atoms with Gasteiger partial charge in [0.25, 0.3) is 5.91 Å². The maximum Gasteiger partial charge on any atom is 0.275 e. The summed E-state index contributed by atoms with van der Waals surface area (Å²) in [7, 11) is 4.65. The lowest BCUT2D eigenvalue weighted by atomic mass is 10.4. The standard InChI is InChI=1S/C7H13N7O/c1-9-6(15)4-5(11-7(8)10-2)13-14(3)12-4/h1-3H3,(H,9,15)(H3,8,10,11,13). The van der Waals surface area contributed by atoms with Gasteiger partial charge in [0.15, 0.2) is 17.5 Å². The predicted octanol–water partition coefficient (Wildman–Crippen LogP) is -1.47. The Kier molecular flexibility index (Phi) is 3.21. The summed E-state index contributed by atoms with van der Waals surface area (Å²) >= 11 is 0. The monoisotopic (exact) mass is 211 g/mol. The molecule has 0 spiro atoms. The molecule has 0 aromatic carbocycles. The van der Waals surface area contributed by atoms with Crippen LogP contribution in [0.25, 0.3) is 0 Å². The lowest BCUT2D eigenvalue weighted by Gasteiger charge is -2.01. The molecule has 8 heteroatoms. The van der Waals surface area contributed by atoms with E-state index in [1.807, 2.05) is 0 Å². The number of aliphatic imine (C=N–C) groups is 1. The van der Waals surface area contributed by atoms with Crippen molar-refractivity contribution in [2.45, 2.75) is 0 Å². The second kappa shape index (κ2) is 4.40. The van der Waals surface area contributed by atoms with Gasteiger partial charge in [-0.1, -0.05) is 0 Å². The lowest BCUT2D eigenvalue weighted by Crippen LogP contribution is -2.25. The Morgan fingerprint density at radius 3 is 2.73 bits per heavy atom. The van der Waals surface area contributed by atoms with Crippen LogP contribution < -0.4 is 16.4 Å². The van der Waals surface area contributed by atoms with Crippen molar-refractivity contribution in [2.75, 3.05) is 19.4 Å². The number of hydrogen-bond acceptors (Lipinski definition) is 4. The molecule has 1 aromatic heterocycles. The molecule has 1 heterocycles. The van der Waals surface area contributed by atoms with Crippen LogP contribution in [0.1, 0.15) is 10.5 Å². The number of aryl methyl sites for hydroxylation is 1. The van der Waals surface area contributed by atoms with Gasteiger partial charge in [0.05, 0.1) is 0 Å². The summed E-state index contributed by atoms with van der Waals surface area (Å²) in [5.41, 5.74) is 5.63. The van der Waals surface area contributed by atoms with Gasteiger partial charge in [-0.3, -0.25) is 9.79 Å². The summed E-state index contributed by atoms with van der Waals surface area (Å²) in [6.07, 6.45) is 0. The fourth-order valence-corrected chi connectivity index (χ4v) is 0.939. The molecule has 0 unspecified atom stereocenters. The molecule has 15 heavy (non-hydrogen) atoms. The van der Waals surface area contributed by atoms with Crippen LogP contribution in [0.4, 0.5) is 5.82 Å². The van der Waals surface area contributed by atoms with Crippen LogP contribution >= 0.6 is 0 Å². The maximum atomic E-state index is 11.4. The minimum atomic E-state index is -0.338. The Balaban J connectivity index is 3.01. The molecule has 1 aromatic rings. The first kappa shape index (κ1) is 11.0. The van der Waals surface area contributed by atoms with Crippen LogP contribution in [-0.4, -0.2) is 41.0 Å². The third-order valence-corrected chi connectivity index (χ3v) is 1.64. The molecule has 82 valence electrons. The highest BCUT2D eigenvalue weighted by Gasteiger charge is 2.16. The van der Waals surface area contributed by atoms with E-state index in [0.29, 0.717) is 0 Å². The zero-order chi connectivity index (χ0) is 11.4. The summed E-state index contributed by atoms with van der Waals surface area (Å²) in [6, 6.07) is 0. The van der Waals surface area contributed by atoms with E-state index >= 15 is 0 Å². The van der Waals surface area contributed by atoms with Crippen LogP contribution in [0.2, 0.25) is 0 Å². The van der Waals surface area contributed by atoms with Crippen LogP contribution in [0, 0.1) is 0 Å². The number of nitrogens with zero attached hydrogens (tertiary/aromatic N) is 4. The third kappa shape index (κ3) is 2.42. The van der Waals surface area contributed by atoms with Gasteiger partial charge in [-0.15, -0.1) is 10.2 Å². The molecule has 0 bridgehead atoms. The number of carbonyl (C=O) groups excluding carboxylic acids is 1. The minimum absolute atomic E-state index is 0.167. The summed E-state index contributed by atoms with van der Waals surface area (Å²) in [6.45, 7) is 0. The fraction of sp³-hybridized carbons (Fsp3) is 0.429. The average Bonchev–Trinajstić information content (AvgIpc) is 2.58. The summed E-state index contributed by atoms with van der Waals surface area (Å²) in [5.74, 6) is 0.107. The van der Waals surface area contributed by atoms with E-state index in [0.717, 1.165) is 0 Å². The van der Waals surface area contributed by atoms with E-state index in [1.54, 1.807) is 7.05 Å². The van der Waals surface area contributed by atoms with Crippen molar-refractivity contribution < 1.29 is 4.79 Å². The number of nitrogens with one attached hydrogen (secondary N) is 2. The number of amides is 1. The Hall–Kier alpha value is -2.12. The summed E-state index contributed by atoms with van der Waals surface area (Å²) in [4.78, 5) is 16.3. The normalized spacial score (nSPS) is 11.3. The van der Waals surface area contributed by atoms with Crippen molar-refractivity contribution in [1.29, 1.82) is 0 Å². The van der Waals surface area contributed by atoms with E-state index in [4.69, 9.17) is 5.73 Å². The van der Waals surface area contributed by atoms with Crippen LogP contribution in [0.15, 0.2) is 4.99 Å². The first-order valence-electron chi connectivity index (χ1n) is 4.21. The van der Waals surface area contributed by atoms with Crippen molar-refractivity contribution in [3.63, 3.8) is 0 Å². The zero-order valence-electron chi connectivity index (χ0n) is 8.77. The molecular weight excluding hydrogens is 198 g/mol. The van der Waals surface area contributed by atoms with E-state index in [2.05, 4.69) is 25.8 Å². The smallest absolute Gasteiger partial charge is 0.275 e. The van der Waals surface area contributed by atoms with E-state index in [1.165, 1.54) is 18.9 Å². The quantitative estimate of drug-likeness (QED) is 0.408. The molecule has 0 aliphatic carbocycles. The van der Waals surface area contributed by atoms with Crippen molar-refractivity contribution in [3.8, 4) is 0 Å². The summed E-state index contributed by atoms with van der Waals surface area (Å²) < 4.78 is 0. The van der Waals surface area contributed by atoms with Crippen LogP contribution in [-0.2, 0) is 7.05 Å². The predicted molar refractivity (Wildman–Crippen MR) is 55.6 cm³/mol. The Morgan fingerprint density at radius 1 is 1.53 bits per heavy atom.